The second kappa shape index (κ2) is 6.97. The summed E-state index contributed by atoms with van der Waals surface area (Å²) in [6, 6.07) is 1.63. The predicted molar refractivity (Wildman–Crippen MR) is 67.8 cm³/mol. The van der Waals surface area contributed by atoms with Gasteiger partial charge in [-0.15, -0.1) is 0 Å². The van der Waals surface area contributed by atoms with Gasteiger partial charge < -0.3 is 15.4 Å². The average Bonchev–Trinajstić information content (AvgIpc) is 2.81. The van der Waals surface area contributed by atoms with Crippen LogP contribution in [-0.4, -0.2) is 52.8 Å². The molecule has 0 unspecified atom stereocenters. The number of thiocarbonyl (C=S) groups is 1. The van der Waals surface area contributed by atoms with E-state index in [2.05, 4.69) is 10.2 Å². The van der Waals surface area contributed by atoms with E-state index in [1.165, 1.54) is 6.20 Å². The van der Waals surface area contributed by atoms with E-state index in [0.29, 0.717) is 36.8 Å². The number of ether oxygens (including phenoxy) is 1. The lowest BCUT2D eigenvalue weighted by Crippen LogP contribution is -2.36. The highest BCUT2D eigenvalue weighted by molar-refractivity contribution is 7.80. The van der Waals surface area contributed by atoms with Crippen molar-refractivity contribution in [3.8, 4) is 0 Å². The molecule has 1 amide bonds. The molecule has 0 aliphatic heterocycles. The van der Waals surface area contributed by atoms with Gasteiger partial charge in [0, 0.05) is 32.8 Å². The summed E-state index contributed by atoms with van der Waals surface area (Å²) in [6.07, 6.45) is 2.04. The molecule has 0 aliphatic rings. The fraction of sp³-hybridized carbons (Fsp3) is 0.500. The number of nitrogens with zero attached hydrogens (tertiary/aromatic N) is 2. The van der Waals surface area contributed by atoms with Crippen LogP contribution in [0.4, 0.5) is 0 Å². The van der Waals surface area contributed by atoms with E-state index in [-0.39, 0.29) is 5.91 Å². The highest BCUT2D eigenvalue weighted by Gasteiger charge is 2.16. The minimum Gasteiger partial charge on any atom is -0.393 e. The number of hydrogen-bond acceptors (Lipinski definition) is 4. The Hall–Kier alpha value is -1.47. The summed E-state index contributed by atoms with van der Waals surface area (Å²) in [6.45, 7) is 1.45. The second-order valence-corrected chi connectivity index (χ2v) is 4.00. The van der Waals surface area contributed by atoms with Crippen molar-refractivity contribution in [1.82, 2.24) is 15.1 Å². The van der Waals surface area contributed by atoms with Crippen LogP contribution in [-0.2, 0) is 4.74 Å². The largest absolute Gasteiger partial charge is 0.393 e. The fourth-order valence-corrected chi connectivity index (χ4v) is 1.40. The Kier molecular flexibility index (Phi) is 5.58. The van der Waals surface area contributed by atoms with Crippen molar-refractivity contribution in [2.45, 2.75) is 6.42 Å². The normalized spacial score (nSPS) is 10.2. The molecule has 6 nitrogen and oxygen atoms in total. The van der Waals surface area contributed by atoms with Gasteiger partial charge >= 0.3 is 0 Å². The second-order valence-electron chi connectivity index (χ2n) is 3.47. The number of amides is 1. The summed E-state index contributed by atoms with van der Waals surface area (Å²) in [5, 5.41) is 6.38. The Morgan fingerprint density at radius 3 is 2.94 bits per heavy atom. The Bertz CT molecular complexity index is 366. The molecule has 1 heterocycles. The lowest BCUT2D eigenvalue weighted by Gasteiger charge is -2.21. The average molecular weight is 256 g/mol. The first-order valence-electron chi connectivity index (χ1n) is 5.21. The highest BCUT2D eigenvalue weighted by atomic mass is 32.1. The number of methoxy groups -OCH3 is 1. The number of aromatic amines is 1. The standard InChI is InChI=1S/C10H16N4O2S/c1-16-7-6-14(5-3-9(11)17)10(15)8-2-4-12-13-8/h2,4H,3,5-7H2,1H3,(H2,11,17)(H,12,13). The number of hydrogen-bond donors (Lipinski definition) is 2. The van der Waals surface area contributed by atoms with Gasteiger partial charge in [-0.1, -0.05) is 12.2 Å². The molecule has 17 heavy (non-hydrogen) atoms. The Labute approximate surface area is 105 Å². The van der Waals surface area contributed by atoms with Gasteiger partial charge in [-0.3, -0.25) is 9.89 Å². The molecule has 0 spiro atoms. The Balaban J connectivity index is 2.61. The first-order valence-corrected chi connectivity index (χ1v) is 5.62. The number of nitrogens with two attached hydrogens (primary N) is 1. The van der Waals surface area contributed by atoms with Gasteiger partial charge in [-0.25, -0.2) is 0 Å². The van der Waals surface area contributed by atoms with Crippen molar-refractivity contribution in [3.63, 3.8) is 0 Å². The van der Waals surface area contributed by atoms with E-state index in [4.69, 9.17) is 22.7 Å². The molecule has 7 heteroatoms. The van der Waals surface area contributed by atoms with Crippen molar-refractivity contribution >= 4 is 23.1 Å². The topological polar surface area (TPSA) is 84.2 Å². The molecule has 0 bridgehead atoms. The fourth-order valence-electron chi connectivity index (χ4n) is 1.31. The van der Waals surface area contributed by atoms with Gasteiger partial charge in [0.2, 0.25) is 0 Å². The predicted octanol–water partition coefficient (Wildman–Crippen LogP) is 0.175. The maximum absolute atomic E-state index is 12.0. The summed E-state index contributed by atoms with van der Waals surface area (Å²) in [5.74, 6) is -0.129. The van der Waals surface area contributed by atoms with Crippen LogP contribution < -0.4 is 5.73 Å². The van der Waals surface area contributed by atoms with Crippen LogP contribution in [0.2, 0.25) is 0 Å². The van der Waals surface area contributed by atoms with Gasteiger partial charge in [0.15, 0.2) is 0 Å². The molecule has 3 N–H and O–H groups in total. The minimum atomic E-state index is -0.129. The van der Waals surface area contributed by atoms with E-state index in [1.54, 1.807) is 18.1 Å². The highest BCUT2D eigenvalue weighted by Crippen LogP contribution is 2.02. The molecule has 0 aliphatic carbocycles. The number of aromatic nitrogens is 2. The first-order chi connectivity index (χ1) is 8.15. The Morgan fingerprint density at radius 1 is 1.65 bits per heavy atom. The maximum Gasteiger partial charge on any atom is 0.271 e. The van der Waals surface area contributed by atoms with Gasteiger partial charge in [-0.2, -0.15) is 5.10 Å². The zero-order valence-corrected chi connectivity index (χ0v) is 10.5. The molecule has 0 atom stereocenters. The van der Waals surface area contributed by atoms with Gasteiger partial charge in [0.1, 0.15) is 5.69 Å². The molecule has 1 aromatic rings. The van der Waals surface area contributed by atoms with E-state index >= 15 is 0 Å². The lowest BCUT2D eigenvalue weighted by molar-refractivity contribution is 0.0695. The van der Waals surface area contributed by atoms with Crippen molar-refractivity contribution in [2.75, 3.05) is 26.8 Å². The number of nitrogens with one attached hydrogen (secondary N) is 1. The minimum absolute atomic E-state index is 0.129. The number of rotatable bonds is 7. The lowest BCUT2D eigenvalue weighted by atomic mass is 10.3. The third kappa shape index (κ3) is 4.49. The molecule has 1 aromatic heterocycles. The summed E-state index contributed by atoms with van der Waals surface area (Å²) in [4.78, 5) is 14.1. The summed E-state index contributed by atoms with van der Waals surface area (Å²) >= 11 is 4.80. The SMILES string of the molecule is COCCN(CCC(N)=S)C(=O)c1ccn[nH]1. The van der Waals surface area contributed by atoms with Crippen LogP contribution in [0.25, 0.3) is 0 Å². The van der Waals surface area contributed by atoms with Gasteiger partial charge in [0.05, 0.1) is 11.6 Å². The zero-order chi connectivity index (χ0) is 12.7. The Morgan fingerprint density at radius 2 is 2.41 bits per heavy atom. The molecule has 0 aromatic carbocycles. The van der Waals surface area contributed by atoms with Crippen LogP contribution >= 0.6 is 12.2 Å². The molecule has 94 valence electrons. The molecular weight excluding hydrogens is 240 g/mol. The van der Waals surface area contributed by atoms with Gasteiger partial charge in [0.25, 0.3) is 5.91 Å². The van der Waals surface area contributed by atoms with Crippen LogP contribution in [0.3, 0.4) is 0 Å². The maximum atomic E-state index is 12.0. The van der Waals surface area contributed by atoms with E-state index < -0.39 is 0 Å². The molecule has 0 saturated heterocycles. The number of H-pyrrole nitrogens is 1. The number of carbonyl (C=O) groups is 1. The molecular formula is C10H16N4O2S. The summed E-state index contributed by atoms with van der Waals surface area (Å²) in [7, 11) is 1.59. The van der Waals surface area contributed by atoms with Crippen LogP contribution in [0.5, 0.6) is 0 Å². The smallest absolute Gasteiger partial charge is 0.271 e. The van der Waals surface area contributed by atoms with Crippen molar-refractivity contribution < 1.29 is 9.53 Å². The van der Waals surface area contributed by atoms with Crippen molar-refractivity contribution in [2.24, 2.45) is 5.73 Å². The van der Waals surface area contributed by atoms with Gasteiger partial charge in [-0.05, 0) is 6.07 Å². The molecule has 1 rings (SSSR count). The summed E-state index contributed by atoms with van der Waals surface area (Å²) < 4.78 is 4.96. The quantitative estimate of drug-likeness (QED) is 0.680. The van der Waals surface area contributed by atoms with Crippen LogP contribution in [0.15, 0.2) is 12.3 Å². The summed E-state index contributed by atoms with van der Waals surface area (Å²) in [5.41, 5.74) is 5.88. The number of carbonyl (C=O) groups excluding carboxylic acids is 1. The van der Waals surface area contributed by atoms with Crippen LogP contribution in [0, 0.1) is 0 Å². The molecule has 0 fully saturated rings. The zero-order valence-electron chi connectivity index (χ0n) is 9.68. The van der Waals surface area contributed by atoms with Crippen molar-refractivity contribution in [3.05, 3.63) is 18.0 Å². The molecule has 0 saturated carbocycles. The first kappa shape index (κ1) is 13.6. The third-order valence-electron chi connectivity index (χ3n) is 2.21. The monoisotopic (exact) mass is 256 g/mol. The third-order valence-corrected chi connectivity index (χ3v) is 2.42. The van der Waals surface area contributed by atoms with Crippen molar-refractivity contribution in [1.29, 1.82) is 0 Å². The molecule has 0 radical (unpaired) electrons. The van der Waals surface area contributed by atoms with E-state index in [0.717, 1.165) is 0 Å². The van der Waals surface area contributed by atoms with E-state index in [9.17, 15) is 4.79 Å². The van der Waals surface area contributed by atoms with Crippen LogP contribution in [0.1, 0.15) is 16.9 Å². The van der Waals surface area contributed by atoms with E-state index in [1.807, 2.05) is 0 Å².